The molecule has 6 nitrogen and oxygen atoms in total. The molecule has 7 heteroatoms. The van der Waals surface area contributed by atoms with E-state index >= 15 is 0 Å². The van der Waals surface area contributed by atoms with Crippen molar-refractivity contribution < 1.29 is 23.1 Å². The highest BCUT2D eigenvalue weighted by molar-refractivity contribution is 7.91. The maximum atomic E-state index is 11.2. The third kappa shape index (κ3) is 2.28. The topological polar surface area (TPSA) is 101 Å². The van der Waals surface area contributed by atoms with Crippen LogP contribution in [0.1, 0.15) is 13.3 Å². The summed E-state index contributed by atoms with van der Waals surface area (Å²) in [5.41, 5.74) is -1.32. The van der Waals surface area contributed by atoms with Gasteiger partial charge in [0.05, 0.1) is 5.25 Å². The summed E-state index contributed by atoms with van der Waals surface area (Å²) in [6, 6.07) is 0. The van der Waals surface area contributed by atoms with E-state index in [9.17, 15) is 18.0 Å². The van der Waals surface area contributed by atoms with Crippen LogP contribution in [0.4, 0.5) is 0 Å². The fraction of sp³-hybridized carbons (Fsp3) is 0.750. The predicted molar refractivity (Wildman–Crippen MR) is 52.0 cm³/mol. The van der Waals surface area contributed by atoms with Crippen LogP contribution in [0.5, 0.6) is 0 Å². The summed E-state index contributed by atoms with van der Waals surface area (Å²) in [6.07, 6.45) is 1.08. The van der Waals surface area contributed by atoms with Crippen LogP contribution in [0.25, 0.3) is 0 Å². The van der Waals surface area contributed by atoms with Crippen molar-refractivity contribution in [2.75, 3.05) is 12.8 Å². The van der Waals surface area contributed by atoms with Crippen LogP contribution in [-0.4, -0.2) is 43.5 Å². The Morgan fingerprint density at radius 3 is 2.33 bits per heavy atom. The van der Waals surface area contributed by atoms with Crippen molar-refractivity contribution in [3.63, 3.8) is 0 Å². The highest BCUT2D eigenvalue weighted by atomic mass is 32.2. The summed E-state index contributed by atoms with van der Waals surface area (Å²) in [7, 11) is -3.36. The van der Waals surface area contributed by atoms with Crippen LogP contribution in [0, 0.1) is 5.41 Å². The molecule has 1 saturated carbocycles. The number of carbonyl (C=O) groups is 2. The van der Waals surface area contributed by atoms with Crippen LogP contribution >= 0.6 is 0 Å². The zero-order valence-electron chi connectivity index (χ0n) is 8.48. The van der Waals surface area contributed by atoms with Crippen LogP contribution in [0.15, 0.2) is 0 Å². The van der Waals surface area contributed by atoms with E-state index in [1.807, 2.05) is 0 Å². The molecular weight excluding hydrogens is 222 g/mol. The SMILES string of the molecule is CC(=O)NC[C@]1(C(=O)O)C[C@@H]1S(C)(=O)=O. The lowest BCUT2D eigenvalue weighted by Gasteiger charge is -2.11. The van der Waals surface area contributed by atoms with Crippen molar-refractivity contribution in [3.05, 3.63) is 0 Å². The maximum Gasteiger partial charge on any atom is 0.312 e. The molecule has 0 bridgehead atoms. The summed E-state index contributed by atoms with van der Waals surface area (Å²) >= 11 is 0. The molecular formula is C8H13NO5S. The van der Waals surface area contributed by atoms with E-state index in [0.717, 1.165) is 6.26 Å². The second kappa shape index (κ2) is 3.48. The monoisotopic (exact) mass is 235 g/mol. The van der Waals surface area contributed by atoms with E-state index in [1.165, 1.54) is 6.92 Å². The molecule has 1 aliphatic rings. The van der Waals surface area contributed by atoms with Gasteiger partial charge < -0.3 is 10.4 Å². The van der Waals surface area contributed by atoms with Crippen molar-refractivity contribution >= 4 is 21.7 Å². The lowest BCUT2D eigenvalue weighted by Crippen LogP contribution is -2.36. The minimum Gasteiger partial charge on any atom is -0.481 e. The number of hydrogen-bond acceptors (Lipinski definition) is 4. The summed E-state index contributed by atoms with van der Waals surface area (Å²) in [4.78, 5) is 21.6. The van der Waals surface area contributed by atoms with Gasteiger partial charge in [-0.1, -0.05) is 0 Å². The van der Waals surface area contributed by atoms with E-state index < -0.39 is 26.5 Å². The molecule has 0 aromatic rings. The number of carbonyl (C=O) groups excluding carboxylic acids is 1. The Labute approximate surface area is 87.6 Å². The number of carboxylic acid groups (broad SMARTS) is 1. The minimum absolute atomic E-state index is 0.0709. The third-order valence-electron chi connectivity index (χ3n) is 2.60. The lowest BCUT2D eigenvalue weighted by atomic mass is 10.1. The molecule has 1 rings (SSSR count). The van der Waals surface area contributed by atoms with Gasteiger partial charge in [-0.2, -0.15) is 0 Å². The van der Waals surface area contributed by atoms with Gasteiger partial charge in [0.25, 0.3) is 0 Å². The molecule has 0 saturated heterocycles. The Balaban J connectivity index is 2.79. The highest BCUT2D eigenvalue weighted by Gasteiger charge is 2.65. The third-order valence-corrected chi connectivity index (χ3v) is 4.25. The van der Waals surface area contributed by atoms with Crippen LogP contribution in [-0.2, 0) is 19.4 Å². The average molecular weight is 235 g/mol. The van der Waals surface area contributed by atoms with Crippen LogP contribution in [0.3, 0.4) is 0 Å². The van der Waals surface area contributed by atoms with E-state index in [2.05, 4.69) is 5.32 Å². The largest absolute Gasteiger partial charge is 0.481 e. The molecule has 0 aromatic heterocycles. The van der Waals surface area contributed by atoms with Crippen LogP contribution in [0.2, 0.25) is 0 Å². The number of amides is 1. The zero-order chi connectivity index (χ0) is 11.9. The first kappa shape index (κ1) is 12.0. The summed E-state index contributed by atoms with van der Waals surface area (Å²) in [6.45, 7) is 1.13. The number of rotatable bonds is 4. The molecule has 86 valence electrons. The highest BCUT2D eigenvalue weighted by Crippen LogP contribution is 2.50. The van der Waals surface area contributed by atoms with E-state index in [0.29, 0.717) is 0 Å². The van der Waals surface area contributed by atoms with E-state index in [1.54, 1.807) is 0 Å². The fourth-order valence-corrected chi connectivity index (χ4v) is 3.21. The Hall–Kier alpha value is -1.11. The lowest BCUT2D eigenvalue weighted by molar-refractivity contribution is -0.143. The van der Waals surface area contributed by atoms with Gasteiger partial charge in [0, 0.05) is 19.7 Å². The Bertz CT molecular complexity index is 401. The van der Waals surface area contributed by atoms with Gasteiger partial charge in [-0.05, 0) is 6.42 Å². The number of sulfone groups is 1. The van der Waals surface area contributed by atoms with E-state index in [4.69, 9.17) is 5.11 Å². The molecule has 0 aliphatic heterocycles. The van der Waals surface area contributed by atoms with Gasteiger partial charge in [-0.25, -0.2) is 8.42 Å². The molecule has 2 N–H and O–H groups in total. The molecule has 15 heavy (non-hydrogen) atoms. The predicted octanol–water partition coefficient (Wildman–Crippen LogP) is -0.990. The summed E-state index contributed by atoms with van der Waals surface area (Å²) < 4.78 is 22.4. The molecule has 1 amide bonds. The smallest absolute Gasteiger partial charge is 0.312 e. The second-order valence-electron chi connectivity index (χ2n) is 3.89. The van der Waals surface area contributed by atoms with Gasteiger partial charge in [0.1, 0.15) is 5.41 Å². The Morgan fingerprint density at radius 1 is 1.53 bits per heavy atom. The van der Waals surface area contributed by atoms with E-state index in [-0.39, 0.29) is 18.9 Å². The molecule has 0 radical (unpaired) electrons. The van der Waals surface area contributed by atoms with Gasteiger partial charge in [-0.3, -0.25) is 9.59 Å². The first-order chi connectivity index (χ1) is 6.70. The first-order valence-electron chi connectivity index (χ1n) is 4.37. The number of hydrogen-bond donors (Lipinski definition) is 2. The molecule has 0 heterocycles. The molecule has 1 fully saturated rings. The Morgan fingerprint density at radius 2 is 2.07 bits per heavy atom. The second-order valence-corrected chi connectivity index (χ2v) is 6.12. The number of aliphatic carboxylic acids is 1. The fourth-order valence-electron chi connectivity index (χ4n) is 1.60. The van der Waals surface area contributed by atoms with Gasteiger partial charge in [-0.15, -0.1) is 0 Å². The number of nitrogens with one attached hydrogen (secondary N) is 1. The van der Waals surface area contributed by atoms with Crippen LogP contribution < -0.4 is 5.32 Å². The summed E-state index contributed by atoms with van der Waals surface area (Å²) in [5.74, 6) is -1.54. The van der Waals surface area contributed by atoms with Gasteiger partial charge in [0.2, 0.25) is 5.91 Å². The van der Waals surface area contributed by atoms with Crippen molar-refractivity contribution in [2.24, 2.45) is 5.41 Å². The van der Waals surface area contributed by atoms with Crippen molar-refractivity contribution in [2.45, 2.75) is 18.6 Å². The van der Waals surface area contributed by atoms with Crippen molar-refractivity contribution in [1.82, 2.24) is 5.32 Å². The minimum atomic E-state index is -3.36. The zero-order valence-corrected chi connectivity index (χ0v) is 9.30. The Kier molecular flexibility index (Phi) is 2.77. The standard InChI is InChI=1S/C8H13NO5S/c1-5(10)9-4-8(7(11)12)3-6(8)15(2,13)14/h6H,3-4H2,1-2H3,(H,9,10)(H,11,12)/t6-,8+/m0/s1. The van der Waals surface area contributed by atoms with Crippen molar-refractivity contribution in [3.8, 4) is 0 Å². The quantitative estimate of drug-likeness (QED) is 0.651. The molecule has 0 aromatic carbocycles. The van der Waals surface area contributed by atoms with Crippen molar-refractivity contribution in [1.29, 1.82) is 0 Å². The number of carboxylic acids is 1. The molecule has 0 spiro atoms. The van der Waals surface area contributed by atoms with Gasteiger partial charge >= 0.3 is 5.97 Å². The average Bonchev–Trinajstić information content (AvgIpc) is 2.75. The van der Waals surface area contributed by atoms with Gasteiger partial charge in [0.15, 0.2) is 9.84 Å². The normalized spacial score (nSPS) is 29.6. The summed E-state index contributed by atoms with van der Waals surface area (Å²) in [5, 5.41) is 10.4. The maximum absolute atomic E-state index is 11.2. The first-order valence-corrected chi connectivity index (χ1v) is 6.32. The molecule has 1 aliphatic carbocycles. The molecule has 0 unspecified atom stereocenters. The molecule has 2 atom stereocenters.